The van der Waals surface area contributed by atoms with E-state index in [9.17, 15) is 0 Å². The van der Waals surface area contributed by atoms with Crippen LogP contribution >= 0.6 is 24.0 Å². The summed E-state index contributed by atoms with van der Waals surface area (Å²) in [6, 6.07) is 0. The summed E-state index contributed by atoms with van der Waals surface area (Å²) in [5.41, 5.74) is 0. The standard InChI is InChI=1S/C18H36N4O2.HI/c1-3-19-18(21-12-16-6-4-9-22(2)13-16)20-8-5-10-23-14-17-7-11-24-15-17;/h16-17H,3-15H2,1-2H3,(H2,19,20,21);1H. The fraction of sp³-hybridized carbons (Fsp3) is 0.944. The van der Waals surface area contributed by atoms with Gasteiger partial charge in [0, 0.05) is 45.3 Å². The molecule has 0 saturated carbocycles. The van der Waals surface area contributed by atoms with Crippen molar-refractivity contribution < 1.29 is 9.47 Å². The quantitative estimate of drug-likeness (QED) is 0.235. The van der Waals surface area contributed by atoms with Gasteiger partial charge in [0.15, 0.2) is 5.96 Å². The second-order valence-electron chi connectivity index (χ2n) is 7.07. The van der Waals surface area contributed by atoms with Crippen molar-refractivity contribution in [1.82, 2.24) is 15.5 Å². The predicted octanol–water partition coefficient (Wildman–Crippen LogP) is 1.94. The summed E-state index contributed by atoms with van der Waals surface area (Å²) in [5.74, 6) is 2.23. The Morgan fingerprint density at radius 3 is 2.88 bits per heavy atom. The van der Waals surface area contributed by atoms with Gasteiger partial charge in [-0.1, -0.05) is 0 Å². The van der Waals surface area contributed by atoms with Crippen LogP contribution < -0.4 is 10.6 Å². The topological polar surface area (TPSA) is 58.1 Å². The lowest BCUT2D eigenvalue weighted by molar-refractivity contribution is 0.0888. The highest BCUT2D eigenvalue weighted by molar-refractivity contribution is 14.0. The van der Waals surface area contributed by atoms with Crippen LogP contribution in [0.3, 0.4) is 0 Å². The monoisotopic (exact) mass is 468 g/mol. The molecule has 0 bridgehead atoms. The molecule has 2 atom stereocenters. The number of hydrogen-bond acceptors (Lipinski definition) is 4. The second-order valence-corrected chi connectivity index (χ2v) is 7.07. The van der Waals surface area contributed by atoms with E-state index in [4.69, 9.17) is 14.5 Å². The van der Waals surface area contributed by atoms with Crippen LogP contribution in [0.15, 0.2) is 4.99 Å². The molecule has 0 spiro atoms. The first-order valence-corrected chi connectivity index (χ1v) is 9.64. The molecule has 6 nitrogen and oxygen atoms in total. The molecule has 25 heavy (non-hydrogen) atoms. The Morgan fingerprint density at radius 1 is 1.28 bits per heavy atom. The minimum atomic E-state index is 0. The average Bonchev–Trinajstić information content (AvgIpc) is 3.09. The molecule has 0 radical (unpaired) electrons. The van der Waals surface area contributed by atoms with Crippen molar-refractivity contribution in [2.24, 2.45) is 16.8 Å². The maximum atomic E-state index is 5.74. The van der Waals surface area contributed by atoms with Crippen LogP contribution in [-0.4, -0.2) is 77.1 Å². The highest BCUT2D eigenvalue weighted by Crippen LogP contribution is 2.15. The van der Waals surface area contributed by atoms with Crippen LogP contribution in [0.25, 0.3) is 0 Å². The van der Waals surface area contributed by atoms with Gasteiger partial charge in [-0.3, -0.25) is 4.99 Å². The molecular formula is C18H37IN4O2. The number of hydrogen-bond donors (Lipinski definition) is 2. The van der Waals surface area contributed by atoms with Gasteiger partial charge < -0.3 is 25.0 Å². The van der Waals surface area contributed by atoms with Crippen LogP contribution in [-0.2, 0) is 9.47 Å². The molecule has 2 aliphatic rings. The normalized spacial score (nSPS) is 24.8. The van der Waals surface area contributed by atoms with Crippen molar-refractivity contribution >= 4 is 29.9 Å². The molecular weight excluding hydrogens is 431 g/mol. The molecule has 2 N–H and O–H groups in total. The van der Waals surface area contributed by atoms with Crippen LogP contribution in [0.5, 0.6) is 0 Å². The van der Waals surface area contributed by atoms with Gasteiger partial charge in [0.2, 0.25) is 0 Å². The van der Waals surface area contributed by atoms with Gasteiger partial charge in [-0.2, -0.15) is 0 Å². The molecule has 148 valence electrons. The van der Waals surface area contributed by atoms with E-state index in [0.29, 0.717) is 11.8 Å². The molecule has 2 saturated heterocycles. The highest BCUT2D eigenvalue weighted by Gasteiger charge is 2.17. The Hall–Kier alpha value is -0.120. The van der Waals surface area contributed by atoms with Gasteiger partial charge in [-0.05, 0) is 52.1 Å². The van der Waals surface area contributed by atoms with Gasteiger partial charge in [0.1, 0.15) is 0 Å². The smallest absolute Gasteiger partial charge is 0.191 e. The molecule has 2 aliphatic heterocycles. The number of guanidine groups is 1. The maximum absolute atomic E-state index is 5.74. The largest absolute Gasteiger partial charge is 0.381 e. The molecule has 0 aromatic rings. The number of piperidine rings is 1. The molecule has 0 amide bonds. The summed E-state index contributed by atoms with van der Waals surface area (Å²) in [6.45, 7) is 10.6. The van der Waals surface area contributed by atoms with Gasteiger partial charge in [0.25, 0.3) is 0 Å². The van der Waals surface area contributed by atoms with Crippen LogP contribution in [0.2, 0.25) is 0 Å². The predicted molar refractivity (Wildman–Crippen MR) is 114 cm³/mol. The third-order valence-corrected chi connectivity index (χ3v) is 4.71. The lowest BCUT2D eigenvalue weighted by atomic mass is 9.99. The summed E-state index contributed by atoms with van der Waals surface area (Å²) in [7, 11) is 2.21. The van der Waals surface area contributed by atoms with Gasteiger partial charge in [-0.15, -0.1) is 24.0 Å². The lowest BCUT2D eigenvalue weighted by Crippen LogP contribution is -2.39. The van der Waals surface area contributed by atoms with E-state index in [1.54, 1.807) is 0 Å². The Morgan fingerprint density at radius 2 is 2.16 bits per heavy atom. The number of likely N-dealkylation sites (tertiary alicyclic amines) is 1. The average molecular weight is 468 g/mol. The zero-order chi connectivity index (χ0) is 17.0. The van der Waals surface area contributed by atoms with E-state index in [2.05, 4.69) is 29.5 Å². The van der Waals surface area contributed by atoms with Crippen molar-refractivity contribution in [3.63, 3.8) is 0 Å². The van der Waals surface area contributed by atoms with Crippen molar-refractivity contribution in [2.45, 2.75) is 32.6 Å². The molecule has 0 aromatic heterocycles. The first kappa shape index (κ1) is 22.9. The minimum Gasteiger partial charge on any atom is -0.381 e. The SMILES string of the molecule is CCNC(=NCC1CCCN(C)C1)NCCCOCC1CCOC1.I. The van der Waals surface area contributed by atoms with Crippen LogP contribution in [0.4, 0.5) is 0 Å². The van der Waals surface area contributed by atoms with Crippen LogP contribution in [0, 0.1) is 11.8 Å². The third kappa shape index (κ3) is 9.96. The lowest BCUT2D eigenvalue weighted by Gasteiger charge is -2.28. The summed E-state index contributed by atoms with van der Waals surface area (Å²) >= 11 is 0. The van der Waals surface area contributed by atoms with E-state index in [1.807, 2.05) is 0 Å². The Balaban J connectivity index is 0.00000312. The van der Waals surface area contributed by atoms with Crippen LogP contribution in [0.1, 0.15) is 32.6 Å². The highest BCUT2D eigenvalue weighted by atomic mass is 127. The van der Waals surface area contributed by atoms with E-state index < -0.39 is 0 Å². The fourth-order valence-corrected chi connectivity index (χ4v) is 3.33. The number of halogens is 1. The Labute approximate surface area is 170 Å². The number of rotatable bonds is 9. The van der Waals surface area contributed by atoms with E-state index in [-0.39, 0.29) is 24.0 Å². The molecule has 2 rings (SSSR count). The van der Waals surface area contributed by atoms with Crippen molar-refractivity contribution in [3.8, 4) is 0 Å². The van der Waals surface area contributed by atoms with Gasteiger partial charge in [-0.25, -0.2) is 0 Å². The van der Waals surface area contributed by atoms with E-state index >= 15 is 0 Å². The molecule has 0 aromatic carbocycles. The summed E-state index contributed by atoms with van der Waals surface area (Å²) in [4.78, 5) is 7.18. The molecule has 2 fully saturated rings. The molecule has 0 aliphatic carbocycles. The number of nitrogens with one attached hydrogen (secondary N) is 2. The van der Waals surface area contributed by atoms with E-state index in [1.165, 1.54) is 25.9 Å². The molecule has 2 unspecified atom stereocenters. The fourth-order valence-electron chi connectivity index (χ4n) is 3.33. The summed E-state index contributed by atoms with van der Waals surface area (Å²) in [5, 5.41) is 6.76. The number of ether oxygens (including phenoxy) is 2. The number of aliphatic imine (C=N–C) groups is 1. The first-order chi connectivity index (χ1) is 11.8. The zero-order valence-corrected chi connectivity index (χ0v) is 18.3. The van der Waals surface area contributed by atoms with Gasteiger partial charge >= 0.3 is 0 Å². The van der Waals surface area contributed by atoms with Crippen molar-refractivity contribution in [2.75, 3.05) is 66.2 Å². The summed E-state index contributed by atoms with van der Waals surface area (Å²) < 4.78 is 11.1. The Bertz CT molecular complexity index is 365. The third-order valence-electron chi connectivity index (χ3n) is 4.71. The maximum Gasteiger partial charge on any atom is 0.191 e. The first-order valence-electron chi connectivity index (χ1n) is 9.64. The molecule has 2 heterocycles. The van der Waals surface area contributed by atoms with Crippen molar-refractivity contribution in [3.05, 3.63) is 0 Å². The summed E-state index contributed by atoms with van der Waals surface area (Å²) in [6.07, 6.45) is 4.74. The minimum absolute atomic E-state index is 0. The van der Waals surface area contributed by atoms with E-state index in [0.717, 1.165) is 64.9 Å². The van der Waals surface area contributed by atoms with Gasteiger partial charge in [0.05, 0.1) is 13.2 Å². The van der Waals surface area contributed by atoms with Crippen molar-refractivity contribution in [1.29, 1.82) is 0 Å². The number of nitrogens with zero attached hydrogens (tertiary/aromatic N) is 2. The Kier molecular flexibility index (Phi) is 12.8. The zero-order valence-electron chi connectivity index (χ0n) is 16.0. The molecule has 7 heteroatoms. The second kappa shape index (κ2) is 14.0.